The van der Waals surface area contributed by atoms with Gasteiger partial charge in [0, 0.05) is 18.2 Å². The molecule has 3 rings (SSSR count). The third-order valence-electron chi connectivity index (χ3n) is 3.30. The second kappa shape index (κ2) is 7.15. The molecule has 0 unspecified atom stereocenters. The van der Waals surface area contributed by atoms with Gasteiger partial charge in [-0.1, -0.05) is 59.3 Å². The Kier molecular flexibility index (Phi) is 5.15. The normalized spacial score (nSPS) is 16.2. The average molecular weight is 396 g/mol. The Balaban J connectivity index is 1.89. The molecule has 1 aromatic heterocycles. The molecule has 1 fully saturated rings. The summed E-state index contributed by atoms with van der Waals surface area (Å²) in [6.45, 7) is 4.02. The highest BCUT2D eigenvalue weighted by Gasteiger charge is 2.31. The lowest BCUT2D eigenvalue weighted by Crippen LogP contribution is -2.27. The molecule has 2 heterocycles. The van der Waals surface area contributed by atoms with E-state index in [1.54, 1.807) is 36.4 Å². The molecule has 1 aliphatic heterocycles. The number of benzene rings is 1. The highest BCUT2D eigenvalue weighted by molar-refractivity contribution is 8.26. The fourth-order valence-electron chi connectivity index (χ4n) is 2.18. The van der Waals surface area contributed by atoms with Crippen LogP contribution in [0.25, 0.3) is 17.4 Å². The van der Waals surface area contributed by atoms with Gasteiger partial charge in [-0.25, -0.2) is 0 Å². The zero-order valence-electron chi connectivity index (χ0n) is 12.3. The van der Waals surface area contributed by atoms with Crippen molar-refractivity contribution in [2.75, 3.05) is 6.54 Å². The smallest absolute Gasteiger partial charge is 0.266 e. The van der Waals surface area contributed by atoms with Gasteiger partial charge in [-0.15, -0.1) is 6.58 Å². The summed E-state index contributed by atoms with van der Waals surface area (Å²) >= 11 is 18.7. The van der Waals surface area contributed by atoms with Gasteiger partial charge in [-0.2, -0.15) is 0 Å². The van der Waals surface area contributed by atoms with Crippen LogP contribution >= 0.6 is 47.2 Å². The quantitative estimate of drug-likeness (QED) is 0.380. The Hall–Kier alpha value is -1.53. The molecule has 2 aromatic rings. The molecule has 0 spiro atoms. The Morgan fingerprint density at radius 1 is 1.29 bits per heavy atom. The monoisotopic (exact) mass is 395 g/mol. The summed E-state index contributed by atoms with van der Waals surface area (Å²) in [5.74, 6) is 0.971. The molecule has 0 atom stereocenters. The maximum atomic E-state index is 12.3. The molecule has 24 heavy (non-hydrogen) atoms. The molecule has 0 bridgehead atoms. The average Bonchev–Trinajstić information content (AvgIpc) is 3.11. The van der Waals surface area contributed by atoms with Crippen molar-refractivity contribution in [1.82, 2.24) is 4.90 Å². The van der Waals surface area contributed by atoms with Crippen molar-refractivity contribution in [1.29, 1.82) is 0 Å². The molecule has 1 aliphatic rings. The van der Waals surface area contributed by atoms with E-state index in [1.165, 1.54) is 16.7 Å². The van der Waals surface area contributed by atoms with Crippen LogP contribution in [0.15, 0.2) is 52.3 Å². The standard InChI is InChI=1S/C17H11Cl2NO2S2/c1-2-8-20-16(21)14(24-17(20)23)9-10-6-7-13(22-10)11-4-3-5-12(18)15(11)19/h2-7,9H,1,8H2. The molecular formula is C17H11Cl2NO2S2. The fraction of sp³-hybridized carbons (Fsp3) is 0.0588. The summed E-state index contributed by atoms with van der Waals surface area (Å²) in [5, 5.41) is 0.884. The third-order valence-corrected chi connectivity index (χ3v) is 5.50. The Labute approximate surface area is 158 Å². The highest BCUT2D eigenvalue weighted by atomic mass is 35.5. The molecular weight excluding hydrogens is 385 g/mol. The van der Waals surface area contributed by atoms with E-state index in [1.807, 2.05) is 6.07 Å². The topological polar surface area (TPSA) is 33.5 Å². The van der Waals surface area contributed by atoms with Crippen molar-refractivity contribution in [3.8, 4) is 11.3 Å². The van der Waals surface area contributed by atoms with Crippen LogP contribution in [0.3, 0.4) is 0 Å². The van der Waals surface area contributed by atoms with E-state index in [0.29, 0.717) is 42.9 Å². The minimum Gasteiger partial charge on any atom is -0.457 e. The lowest BCUT2D eigenvalue weighted by atomic mass is 10.2. The summed E-state index contributed by atoms with van der Waals surface area (Å²) in [7, 11) is 0. The summed E-state index contributed by atoms with van der Waals surface area (Å²) in [6, 6.07) is 8.88. The lowest BCUT2D eigenvalue weighted by molar-refractivity contribution is -0.121. The van der Waals surface area contributed by atoms with Gasteiger partial charge in [0.05, 0.1) is 15.0 Å². The SMILES string of the molecule is C=CCN1C(=O)C(=Cc2ccc(-c3cccc(Cl)c3Cl)o2)SC1=S. The predicted molar refractivity (Wildman–Crippen MR) is 104 cm³/mol. The number of furan rings is 1. The number of carbonyl (C=O) groups excluding carboxylic acids is 1. The van der Waals surface area contributed by atoms with Gasteiger partial charge in [0.25, 0.3) is 5.91 Å². The number of thiocarbonyl (C=S) groups is 1. The van der Waals surface area contributed by atoms with Crippen LogP contribution in [0.4, 0.5) is 0 Å². The van der Waals surface area contributed by atoms with Gasteiger partial charge in [-0.05, 0) is 24.3 Å². The van der Waals surface area contributed by atoms with Crippen LogP contribution in [0.5, 0.6) is 0 Å². The van der Waals surface area contributed by atoms with Crippen molar-refractivity contribution in [3.63, 3.8) is 0 Å². The number of nitrogens with zero attached hydrogens (tertiary/aromatic N) is 1. The second-order valence-electron chi connectivity index (χ2n) is 4.88. The predicted octanol–water partition coefficient (Wildman–Crippen LogP) is 5.64. The Bertz CT molecular complexity index is 873. The number of rotatable bonds is 4. The molecule has 1 saturated heterocycles. The van der Waals surface area contributed by atoms with E-state index >= 15 is 0 Å². The lowest BCUT2D eigenvalue weighted by Gasteiger charge is -2.10. The summed E-state index contributed by atoms with van der Waals surface area (Å²) in [4.78, 5) is 14.3. The first-order chi connectivity index (χ1) is 11.5. The minimum absolute atomic E-state index is 0.149. The maximum absolute atomic E-state index is 12.3. The first-order valence-corrected chi connectivity index (χ1v) is 8.90. The number of carbonyl (C=O) groups is 1. The summed E-state index contributed by atoms with van der Waals surface area (Å²) < 4.78 is 6.29. The zero-order chi connectivity index (χ0) is 17.3. The number of amides is 1. The van der Waals surface area contributed by atoms with Crippen molar-refractivity contribution in [2.45, 2.75) is 0 Å². The highest BCUT2D eigenvalue weighted by Crippen LogP contribution is 2.36. The van der Waals surface area contributed by atoms with Crippen LogP contribution in [0.1, 0.15) is 5.76 Å². The van der Waals surface area contributed by atoms with E-state index in [9.17, 15) is 4.79 Å². The summed E-state index contributed by atoms with van der Waals surface area (Å²) in [6.07, 6.45) is 3.31. The first kappa shape index (κ1) is 17.3. The first-order valence-electron chi connectivity index (χ1n) is 6.91. The van der Waals surface area contributed by atoms with E-state index in [4.69, 9.17) is 39.8 Å². The molecule has 122 valence electrons. The van der Waals surface area contributed by atoms with Crippen LogP contribution in [0.2, 0.25) is 10.0 Å². The van der Waals surface area contributed by atoms with E-state index < -0.39 is 0 Å². The van der Waals surface area contributed by atoms with Gasteiger partial charge in [-0.3, -0.25) is 9.69 Å². The van der Waals surface area contributed by atoms with Crippen LogP contribution < -0.4 is 0 Å². The maximum Gasteiger partial charge on any atom is 0.266 e. The van der Waals surface area contributed by atoms with Gasteiger partial charge in [0.15, 0.2) is 0 Å². The second-order valence-corrected chi connectivity index (χ2v) is 7.35. The zero-order valence-corrected chi connectivity index (χ0v) is 15.4. The molecule has 0 saturated carbocycles. The van der Waals surface area contributed by atoms with Gasteiger partial charge in [0.2, 0.25) is 0 Å². The van der Waals surface area contributed by atoms with E-state index in [2.05, 4.69) is 6.58 Å². The van der Waals surface area contributed by atoms with Crippen LogP contribution in [0, 0.1) is 0 Å². The number of hydrogen-bond donors (Lipinski definition) is 0. The van der Waals surface area contributed by atoms with E-state index in [-0.39, 0.29) is 5.91 Å². The molecule has 3 nitrogen and oxygen atoms in total. The van der Waals surface area contributed by atoms with Crippen LogP contribution in [-0.4, -0.2) is 21.7 Å². The number of thioether (sulfide) groups is 1. The van der Waals surface area contributed by atoms with Crippen molar-refractivity contribution in [2.24, 2.45) is 0 Å². The summed E-state index contributed by atoms with van der Waals surface area (Å²) in [5.41, 5.74) is 0.697. The fourth-order valence-corrected chi connectivity index (χ4v) is 3.83. The molecule has 0 aliphatic carbocycles. The van der Waals surface area contributed by atoms with E-state index in [0.717, 1.165) is 0 Å². The number of halogens is 2. The van der Waals surface area contributed by atoms with Gasteiger partial charge < -0.3 is 4.42 Å². The molecule has 7 heteroatoms. The van der Waals surface area contributed by atoms with Gasteiger partial charge in [0.1, 0.15) is 15.8 Å². The van der Waals surface area contributed by atoms with Gasteiger partial charge >= 0.3 is 0 Å². The third kappa shape index (κ3) is 3.30. The number of hydrogen-bond acceptors (Lipinski definition) is 4. The van der Waals surface area contributed by atoms with Crippen molar-refractivity contribution < 1.29 is 9.21 Å². The van der Waals surface area contributed by atoms with Crippen LogP contribution in [-0.2, 0) is 4.79 Å². The van der Waals surface area contributed by atoms with Crippen molar-refractivity contribution >= 4 is 63.5 Å². The van der Waals surface area contributed by atoms with Crippen molar-refractivity contribution in [3.05, 3.63) is 63.7 Å². The molecule has 1 amide bonds. The molecule has 0 N–H and O–H groups in total. The largest absolute Gasteiger partial charge is 0.457 e. The molecule has 0 radical (unpaired) electrons. The minimum atomic E-state index is -0.149. The Morgan fingerprint density at radius 3 is 2.83 bits per heavy atom. The Morgan fingerprint density at radius 2 is 2.08 bits per heavy atom. The molecule has 1 aromatic carbocycles.